The Labute approximate surface area is 116 Å². The molecule has 0 aromatic carbocycles. The Balaban J connectivity index is 2.20. The molecular weight excluding hydrogens is 264 g/mol. The molecule has 6 nitrogen and oxygen atoms in total. The van der Waals surface area contributed by atoms with Crippen molar-refractivity contribution in [2.24, 2.45) is 0 Å². The van der Waals surface area contributed by atoms with Crippen molar-refractivity contribution in [1.82, 2.24) is 9.88 Å². The van der Waals surface area contributed by atoms with Crippen LogP contribution in [0.5, 0.6) is 0 Å². The Morgan fingerprint density at radius 1 is 1.53 bits per heavy atom. The maximum absolute atomic E-state index is 12.5. The zero-order chi connectivity index (χ0) is 14.0. The zero-order valence-electron chi connectivity index (χ0n) is 11.3. The predicted molar refractivity (Wildman–Crippen MR) is 76.6 cm³/mol. The highest BCUT2D eigenvalue weighted by Gasteiger charge is 2.31. The van der Waals surface area contributed by atoms with E-state index >= 15 is 0 Å². The molecule has 7 heteroatoms. The Morgan fingerprint density at radius 3 is 2.63 bits per heavy atom. The summed E-state index contributed by atoms with van der Waals surface area (Å²) < 4.78 is 0. The maximum Gasteiger partial charge on any atom is 0.268 e. The van der Waals surface area contributed by atoms with Crippen LogP contribution in [0.4, 0.5) is 10.9 Å². The topological polar surface area (TPSA) is 82.7 Å². The first kappa shape index (κ1) is 14.1. The van der Waals surface area contributed by atoms with Gasteiger partial charge >= 0.3 is 0 Å². The van der Waals surface area contributed by atoms with Crippen molar-refractivity contribution in [3.63, 3.8) is 0 Å². The minimum absolute atomic E-state index is 0.0263. The summed E-state index contributed by atoms with van der Waals surface area (Å²) in [7, 11) is 3.73. The van der Waals surface area contributed by atoms with Crippen molar-refractivity contribution in [2.45, 2.75) is 25.3 Å². The number of carbonyl (C=O) groups is 1. The second-order valence-electron chi connectivity index (χ2n) is 4.91. The third kappa shape index (κ3) is 2.82. The summed E-state index contributed by atoms with van der Waals surface area (Å²) in [5.74, 6) is 0.169. The van der Waals surface area contributed by atoms with E-state index < -0.39 is 0 Å². The number of rotatable bonds is 5. The van der Waals surface area contributed by atoms with Gasteiger partial charge in [0.2, 0.25) is 0 Å². The minimum Gasteiger partial charge on any atom is -0.395 e. The number of aromatic nitrogens is 1. The Bertz CT molecular complexity index is 457. The van der Waals surface area contributed by atoms with Crippen molar-refractivity contribution >= 4 is 28.2 Å². The van der Waals surface area contributed by atoms with E-state index in [0.29, 0.717) is 11.4 Å². The molecule has 1 aliphatic carbocycles. The van der Waals surface area contributed by atoms with E-state index in [2.05, 4.69) is 4.98 Å². The Morgan fingerprint density at radius 2 is 2.21 bits per heavy atom. The second-order valence-corrected chi connectivity index (χ2v) is 5.89. The standard InChI is InChI=1S/C12H20N4O2S/c1-15(2)12-14-10(13)9(19-12)11(18)16(6-7-17)8-4-3-5-8/h8,17H,3-7,13H2,1-2H3. The number of amides is 1. The number of nitrogen functional groups attached to an aromatic ring is 1. The molecule has 3 N–H and O–H groups in total. The quantitative estimate of drug-likeness (QED) is 0.835. The zero-order valence-corrected chi connectivity index (χ0v) is 12.1. The Hall–Kier alpha value is -1.34. The third-order valence-electron chi connectivity index (χ3n) is 3.34. The lowest BCUT2D eigenvalue weighted by Gasteiger charge is -2.37. The van der Waals surface area contributed by atoms with Gasteiger partial charge in [-0.05, 0) is 19.3 Å². The lowest BCUT2D eigenvalue weighted by molar-refractivity contribution is 0.0531. The monoisotopic (exact) mass is 284 g/mol. The predicted octanol–water partition coefficient (Wildman–Crippen LogP) is 0.778. The molecule has 0 radical (unpaired) electrons. The van der Waals surface area contributed by atoms with Gasteiger partial charge in [0.15, 0.2) is 5.13 Å². The van der Waals surface area contributed by atoms with Gasteiger partial charge in [0.1, 0.15) is 10.7 Å². The molecule has 0 unspecified atom stereocenters. The average Bonchev–Trinajstić information content (AvgIpc) is 2.68. The molecule has 0 bridgehead atoms. The first-order valence-electron chi connectivity index (χ1n) is 6.40. The summed E-state index contributed by atoms with van der Waals surface area (Å²) in [5.41, 5.74) is 5.84. The molecule has 0 aliphatic heterocycles. The van der Waals surface area contributed by atoms with E-state index in [1.807, 2.05) is 19.0 Å². The van der Waals surface area contributed by atoms with Gasteiger partial charge in [0, 0.05) is 26.7 Å². The molecule has 0 atom stereocenters. The summed E-state index contributed by atoms with van der Waals surface area (Å²) in [6.45, 7) is 0.333. The highest BCUT2D eigenvalue weighted by Crippen LogP contribution is 2.31. The highest BCUT2D eigenvalue weighted by atomic mass is 32.1. The first-order valence-corrected chi connectivity index (χ1v) is 7.21. The van der Waals surface area contributed by atoms with E-state index in [9.17, 15) is 4.79 Å². The molecule has 1 aromatic heterocycles. The molecule has 1 saturated carbocycles. The van der Waals surface area contributed by atoms with E-state index in [0.717, 1.165) is 24.4 Å². The van der Waals surface area contributed by atoms with Gasteiger partial charge in [-0.2, -0.15) is 0 Å². The molecule has 2 rings (SSSR count). The summed E-state index contributed by atoms with van der Waals surface area (Å²) in [4.78, 5) is 20.7. The van der Waals surface area contributed by atoms with Crippen LogP contribution in [0.3, 0.4) is 0 Å². The summed E-state index contributed by atoms with van der Waals surface area (Å²) in [6.07, 6.45) is 3.15. The van der Waals surface area contributed by atoms with Crippen LogP contribution in [-0.2, 0) is 0 Å². The normalized spacial score (nSPS) is 15.1. The fourth-order valence-corrected chi connectivity index (χ4v) is 2.92. The molecule has 0 saturated heterocycles. The highest BCUT2D eigenvalue weighted by molar-refractivity contribution is 7.18. The van der Waals surface area contributed by atoms with Gasteiger partial charge in [0.05, 0.1) is 6.61 Å². The molecule has 1 amide bonds. The van der Waals surface area contributed by atoms with Gasteiger partial charge in [0.25, 0.3) is 5.91 Å². The molecule has 1 aliphatic rings. The number of anilines is 2. The molecule has 1 aromatic rings. The van der Waals surface area contributed by atoms with Gasteiger partial charge in [-0.25, -0.2) is 4.98 Å². The molecule has 1 fully saturated rings. The SMILES string of the molecule is CN(C)c1nc(N)c(C(=O)N(CCO)C2CCC2)s1. The Kier molecular flexibility index (Phi) is 4.26. The number of nitrogens with two attached hydrogens (primary N) is 1. The van der Waals surface area contributed by atoms with Gasteiger partial charge in [-0.15, -0.1) is 0 Å². The molecule has 106 valence electrons. The van der Waals surface area contributed by atoms with Crippen molar-refractivity contribution in [2.75, 3.05) is 37.9 Å². The van der Waals surface area contributed by atoms with Crippen LogP contribution in [0, 0.1) is 0 Å². The van der Waals surface area contributed by atoms with Crippen LogP contribution in [0.15, 0.2) is 0 Å². The number of hydrogen-bond donors (Lipinski definition) is 2. The van der Waals surface area contributed by atoms with Crippen molar-refractivity contribution < 1.29 is 9.90 Å². The summed E-state index contributed by atoms with van der Waals surface area (Å²) in [5, 5.41) is 9.84. The molecular formula is C12H20N4O2S. The van der Waals surface area contributed by atoms with Crippen LogP contribution in [0.2, 0.25) is 0 Å². The number of aliphatic hydroxyl groups is 1. The summed E-state index contributed by atoms with van der Waals surface area (Å²) in [6, 6.07) is 0.240. The minimum atomic E-state index is -0.109. The number of carbonyl (C=O) groups excluding carboxylic acids is 1. The largest absolute Gasteiger partial charge is 0.395 e. The number of nitrogens with zero attached hydrogens (tertiary/aromatic N) is 3. The van der Waals surface area contributed by atoms with E-state index in [-0.39, 0.29) is 24.4 Å². The van der Waals surface area contributed by atoms with Crippen LogP contribution in [-0.4, -0.2) is 54.2 Å². The van der Waals surface area contributed by atoms with Crippen LogP contribution >= 0.6 is 11.3 Å². The van der Waals surface area contributed by atoms with E-state index in [4.69, 9.17) is 10.8 Å². The molecule has 19 heavy (non-hydrogen) atoms. The molecule has 0 spiro atoms. The van der Waals surface area contributed by atoms with E-state index in [1.165, 1.54) is 11.3 Å². The van der Waals surface area contributed by atoms with Crippen LogP contribution in [0.25, 0.3) is 0 Å². The van der Waals surface area contributed by atoms with Crippen LogP contribution in [0.1, 0.15) is 28.9 Å². The van der Waals surface area contributed by atoms with Gasteiger partial charge < -0.3 is 20.6 Å². The van der Waals surface area contributed by atoms with E-state index in [1.54, 1.807) is 4.90 Å². The smallest absolute Gasteiger partial charge is 0.268 e. The second kappa shape index (κ2) is 5.75. The third-order valence-corrected chi connectivity index (χ3v) is 4.56. The van der Waals surface area contributed by atoms with Crippen molar-refractivity contribution in [3.8, 4) is 0 Å². The number of thiazole rings is 1. The van der Waals surface area contributed by atoms with Gasteiger partial charge in [-0.3, -0.25) is 4.79 Å². The fourth-order valence-electron chi connectivity index (χ4n) is 2.05. The van der Waals surface area contributed by atoms with Gasteiger partial charge in [-0.1, -0.05) is 11.3 Å². The lowest BCUT2D eigenvalue weighted by Crippen LogP contribution is -2.45. The number of aliphatic hydroxyl groups excluding tert-OH is 1. The first-order chi connectivity index (χ1) is 9.04. The summed E-state index contributed by atoms with van der Waals surface area (Å²) >= 11 is 1.30. The van der Waals surface area contributed by atoms with Crippen molar-refractivity contribution in [3.05, 3.63) is 4.88 Å². The van der Waals surface area contributed by atoms with Crippen molar-refractivity contribution in [1.29, 1.82) is 0 Å². The lowest BCUT2D eigenvalue weighted by atomic mass is 9.91. The maximum atomic E-state index is 12.5. The van der Waals surface area contributed by atoms with Crippen LogP contribution < -0.4 is 10.6 Å². The number of hydrogen-bond acceptors (Lipinski definition) is 6. The fraction of sp³-hybridized carbons (Fsp3) is 0.667. The molecule has 1 heterocycles. The average molecular weight is 284 g/mol.